The Labute approximate surface area is 111 Å². The lowest BCUT2D eigenvalue weighted by atomic mass is 10.2. The van der Waals surface area contributed by atoms with Crippen molar-refractivity contribution in [3.8, 4) is 0 Å². The summed E-state index contributed by atoms with van der Waals surface area (Å²) < 4.78 is 26.9. The summed E-state index contributed by atoms with van der Waals surface area (Å²) in [6.07, 6.45) is 0. The minimum atomic E-state index is -3.27. The van der Waals surface area contributed by atoms with E-state index < -0.39 is 10.0 Å². The van der Waals surface area contributed by atoms with E-state index >= 15 is 0 Å². The first kappa shape index (κ1) is 14.5. The fraction of sp³-hybridized carbons (Fsp3) is 0.455. The Morgan fingerprint density at radius 1 is 1.29 bits per heavy atom. The van der Waals surface area contributed by atoms with Crippen LogP contribution in [0.2, 0.25) is 0 Å². The minimum Gasteiger partial charge on any atom is -0.316 e. The normalized spacial score (nSPS) is 11.5. The molecule has 0 radical (unpaired) electrons. The molecule has 1 aromatic carbocycles. The van der Waals surface area contributed by atoms with Crippen LogP contribution in [0.4, 0.5) is 5.69 Å². The van der Waals surface area contributed by atoms with Crippen LogP contribution in [-0.2, 0) is 10.0 Å². The first-order valence-corrected chi connectivity index (χ1v) is 7.86. The molecule has 0 saturated carbocycles. The van der Waals surface area contributed by atoms with E-state index in [0.29, 0.717) is 12.2 Å². The third kappa shape index (κ3) is 5.52. The fourth-order valence-corrected chi connectivity index (χ4v) is 3.01. The average Bonchev–Trinajstić information content (AvgIpc) is 2.14. The summed E-state index contributed by atoms with van der Waals surface area (Å²) in [7, 11) is -3.27. The van der Waals surface area contributed by atoms with E-state index in [9.17, 15) is 8.42 Å². The molecule has 0 amide bonds. The summed E-state index contributed by atoms with van der Waals surface area (Å²) in [5.74, 6) is 0.0758. The molecule has 0 unspecified atom stereocenters. The van der Waals surface area contributed by atoms with Gasteiger partial charge in [-0.25, -0.2) is 8.42 Å². The second kappa shape index (κ2) is 6.37. The molecule has 1 rings (SSSR count). The number of halogens is 1. The molecule has 0 spiro atoms. The average molecular weight is 321 g/mol. The van der Waals surface area contributed by atoms with Gasteiger partial charge in [0, 0.05) is 16.7 Å². The first-order valence-electron chi connectivity index (χ1n) is 5.41. The standard InChI is InChI=1S/C11H17BrN2O2S/c1-3-13-4-5-17(15,16)14-11-7-9(2)6-10(12)8-11/h6-8,13-14H,3-5H2,1-2H3. The highest BCUT2D eigenvalue weighted by molar-refractivity contribution is 9.10. The number of benzene rings is 1. The number of hydrogen-bond acceptors (Lipinski definition) is 3. The highest BCUT2D eigenvalue weighted by atomic mass is 79.9. The van der Waals surface area contributed by atoms with E-state index in [4.69, 9.17) is 0 Å². The van der Waals surface area contributed by atoms with Crippen LogP contribution in [0.5, 0.6) is 0 Å². The number of aryl methyl sites for hydroxylation is 1. The molecular formula is C11H17BrN2O2S. The summed E-state index contributed by atoms with van der Waals surface area (Å²) in [5.41, 5.74) is 1.59. The van der Waals surface area contributed by atoms with Gasteiger partial charge in [-0.15, -0.1) is 0 Å². The molecular weight excluding hydrogens is 304 g/mol. The molecule has 0 fully saturated rings. The van der Waals surface area contributed by atoms with Crippen molar-refractivity contribution in [2.45, 2.75) is 13.8 Å². The Morgan fingerprint density at radius 3 is 2.59 bits per heavy atom. The molecule has 0 heterocycles. The van der Waals surface area contributed by atoms with Gasteiger partial charge in [0.05, 0.1) is 5.75 Å². The van der Waals surface area contributed by atoms with Gasteiger partial charge in [-0.05, 0) is 37.2 Å². The lowest BCUT2D eigenvalue weighted by molar-refractivity contribution is 0.597. The van der Waals surface area contributed by atoms with Gasteiger partial charge in [-0.2, -0.15) is 0 Å². The molecule has 2 N–H and O–H groups in total. The maximum absolute atomic E-state index is 11.7. The van der Waals surface area contributed by atoms with Crippen LogP contribution in [0.25, 0.3) is 0 Å². The molecule has 0 aliphatic heterocycles. The molecule has 17 heavy (non-hydrogen) atoms. The highest BCUT2D eigenvalue weighted by Gasteiger charge is 2.10. The van der Waals surface area contributed by atoms with Gasteiger partial charge in [0.25, 0.3) is 0 Å². The van der Waals surface area contributed by atoms with Crippen LogP contribution in [0, 0.1) is 6.92 Å². The van der Waals surface area contributed by atoms with Crippen LogP contribution in [0.3, 0.4) is 0 Å². The summed E-state index contributed by atoms with van der Waals surface area (Å²) in [4.78, 5) is 0. The number of sulfonamides is 1. The van der Waals surface area contributed by atoms with E-state index in [0.717, 1.165) is 16.6 Å². The number of hydrogen-bond donors (Lipinski definition) is 2. The Hall–Kier alpha value is -0.590. The van der Waals surface area contributed by atoms with Crippen molar-refractivity contribution in [2.75, 3.05) is 23.6 Å². The van der Waals surface area contributed by atoms with E-state index in [1.807, 2.05) is 19.9 Å². The molecule has 96 valence electrons. The van der Waals surface area contributed by atoms with E-state index in [1.54, 1.807) is 12.1 Å². The SMILES string of the molecule is CCNCCS(=O)(=O)Nc1cc(C)cc(Br)c1. The van der Waals surface area contributed by atoms with Gasteiger partial charge < -0.3 is 5.32 Å². The zero-order valence-corrected chi connectivity index (χ0v) is 12.4. The zero-order valence-electron chi connectivity index (χ0n) is 9.96. The summed E-state index contributed by atoms with van der Waals surface area (Å²) in [6, 6.07) is 5.48. The van der Waals surface area contributed by atoms with Crippen molar-refractivity contribution in [1.29, 1.82) is 0 Å². The first-order chi connectivity index (χ1) is 7.93. The predicted molar refractivity (Wildman–Crippen MR) is 74.8 cm³/mol. The second-order valence-corrected chi connectivity index (χ2v) is 6.55. The monoisotopic (exact) mass is 320 g/mol. The van der Waals surface area contributed by atoms with Crippen LogP contribution in [0.15, 0.2) is 22.7 Å². The van der Waals surface area contributed by atoms with E-state index in [1.165, 1.54) is 0 Å². The van der Waals surface area contributed by atoms with Crippen LogP contribution in [0.1, 0.15) is 12.5 Å². The number of rotatable bonds is 6. The van der Waals surface area contributed by atoms with Crippen molar-refractivity contribution in [3.05, 3.63) is 28.2 Å². The largest absolute Gasteiger partial charge is 0.316 e. The van der Waals surface area contributed by atoms with Gasteiger partial charge in [0.15, 0.2) is 0 Å². The van der Waals surface area contributed by atoms with Crippen molar-refractivity contribution in [3.63, 3.8) is 0 Å². The third-order valence-electron chi connectivity index (χ3n) is 2.11. The van der Waals surface area contributed by atoms with Gasteiger partial charge >= 0.3 is 0 Å². The van der Waals surface area contributed by atoms with E-state index in [-0.39, 0.29) is 5.75 Å². The Kier molecular flexibility index (Phi) is 5.42. The van der Waals surface area contributed by atoms with Gasteiger partial charge in [-0.3, -0.25) is 4.72 Å². The van der Waals surface area contributed by atoms with Crippen molar-refractivity contribution < 1.29 is 8.42 Å². The molecule has 4 nitrogen and oxygen atoms in total. The van der Waals surface area contributed by atoms with Crippen LogP contribution in [-0.4, -0.2) is 27.3 Å². The zero-order chi connectivity index (χ0) is 12.9. The van der Waals surface area contributed by atoms with Crippen LogP contribution >= 0.6 is 15.9 Å². The van der Waals surface area contributed by atoms with Crippen molar-refractivity contribution in [2.24, 2.45) is 0 Å². The van der Waals surface area contributed by atoms with Gasteiger partial charge in [0.1, 0.15) is 0 Å². The van der Waals surface area contributed by atoms with Gasteiger partial charge in [-0.1, -0.05) is 22.9 Å². The lowest BCUT2D eigenvalue weighted by Gasteiger charge is -2.09. The molecule has 6 heteroatoms. The number of anilines is 1. The summed E-state index contributed by atoms with van der Waals surface area (Å²) in [5, 5.41) is 2.98. The molecule has 0 aliphatic rings. The Balaban J connectivity index is 2.69. The van der Waals surface area contributed by atoms with Gasteiger partial charge in [0.2, 0.25) is 10.0 Å². The maximum atomic E-state index is 11.7. The molecule has 0 bridgehead atoms. The predicted octanol–water partition coefficient (Wildman–Crippen LogP) is 2.11. The molecule has 0 saturated heterocycles. The summed E-state index contributed by atoms with van der Waals surface area (Å²) in [6.45, 7) is 5.09. The fourth-order valence-electron chi connectivity index (χ4n) is 1.41. The third-order valence-corrected chi connectivity index (χ3v) is 3.86. The lowest BCUT2D eigenvalue weighted by Crippen LogP contribution is -2.26. The summed E-state index contributed by atoms with van der Waals surface area (Å²) >= 11 is 3.34. The van der Waals surface area contributed by atoms with Crippen molar-refractivity contribution in [1.82, 2.24) is 5.32 Å². The second-order valence-electron chi connectivity index (χ2n) is 3.79. The highest BCUT2D eigenvalue weighted by Crippen LogP contribution is 2.19. The molecule has 1 aromatic rings. The molecule has 0 aliphatic carbocycles. The number of nitrogens with one attached hydrogen (secondary N) is 2. The minimum absolute atomic E-state index is 0.0758. The Bertz CT molecular complexity index is 454. The van der Waals surface area contributed by atoms with E-state index in [2.05, 4.69) is 26.0 Å². The Morgan fingerprint density at radius 2 is 2.00 bits per heavy atom. The molecule has 0 aromatic heterocycles. The maximum Gasteiger partial charge on any atom is 0.233 e. The topological polar surface area (TPSA) is 58.2 Å². The quantitative estimate of drug-likeness (QED) is 0.789. The molecule has 0 atom stereocenters. The van der Waals surface area contributed by atoms with Crippen molar-refractivity contribution >= 4 is 31.6 Å². The smallest absolute Gasteiger partial charge is 0.233 e. The van der Waals surface area contributed by atoms with Crippen LogP contribution < -0.4 is 10.0 Å².